The number of pyridine rings is 1. The molecule has 2 rings (SSSR count). The van der Waals surface area contributed by atoms with Gasteiger partial charge >= 0.3 is 5.97 Å². The molecule has 1 aliphatic rings. The fourth-order valence-corrected chi connectivity index (χ4v) is 2.81. The van der Waals surface area contributed by atoms with Crippen LogP contribution in [-0.2, 0) is 4.79 Å². The number of carboxylic acid groups (broad SMARTS) is 1. The molecule has 0 saturated heterocycles. The van der Waals surface area contributed by atoms with E-state index in [9.17, 15) is 14.7 Å². The van der Waals surface area contributed by atoms with Crippen molar-refractivity contribution in [3.8, 4) is 0 Å². The minimum absolute atomic E-state index is 0.211. The molecule has 5 nitrogen and oxygen atoms in total. The number of nitrogens with zero attached hydrogens (tertiary/aromatic N) is 2. The third-order valence-corrected chi connectivity index (χ3v) is 4.20. The number of aromatic nitrogens is 1. The predicted molar refractivity (Wildman–Crippen MR) is 74.8 cm³/mol. The Hall–Kier alpha value is -1.62. The van der Waals surface area contributed by atoms with E-state index in [0.29, 0.717) is 17.9 Å². The van der Waals surface area contributed by atoms with Crippen LogP contribution in [0.3, 0.4) is 0 Å². The van der Waals surface area contributed by atoms with Crippen LogP contribution >= 0.6 is 11.6 Å². The summed E-state index contributed by atoms with van der Waals surface area (Å²) < 4.78 is 0. The maximum Gasteiger partial charge on any atom is 0.329 e. The molecule has 108 valence electrons. The maximum atomic E-state index is 12.4. The quantitative estimate of drug-likeness (QED) is 0.930. The Morgan fingerprint density at radius 2 is 1.95 bits per heavy atom. The molecule has 0 spiro atoms. The molecule has 6 heteroatoms. The monoisotopic (exact) mass is 296 g/mol. The van der Waals surface area contributed by atoms with Crippen LogP contribution < -0.4 is 0 Å². The minimum Gasteiger partial charge on any atom is -0.479 e. The topological polar surface area (TPSA) is 70.5 Å². The standard InChI is InChI=1S/C14H17ClN2O3/c1-17(12(18)11-6-5-10(15)9-16-11)14(13(19)20)7-3-2-4-8-14/h5-6,9H,2-4,7-8H2,1H3,(H,19,20). The second-order valence-electron chi connectivity index (χ2n) is 5.12. The van der Waals surface area contributed by atoms with Crippen LogP contribution in [0.5, 0.6) is 0 Å². The van der Waals surface area contributed by atoms with Gasteiger partial charge in [-0.25, -0.2) is 9.78 Å². The lowest BCUT2D eigenvalue weighted by Gasteiger charge is -2.40. The third kappa shape index (κ3) is 2.63. The maximum absolute atomic E-state index is 12.4. The van der Waals surface area contributed by atoms with E-state index in [1.54, 1.807) is 6.07 Å². The normalized spacial score (nSPS) is 17.5. The lowest BCUT2D eigenvalue weighted by atomic mass is 9.80. The van der Waals surface area contributed by atoms with E-state index < -0.39 is 11.5 Å². The summed E-state index contributed by atoms with van der Waals surface area (Å²) in [5.41, 5.74) is -0.903. The molecular formula is C14H17ClN2O3. The van der Waals surface area contributed by atoms with Gasteiger partial charge in [0.25, 0.3) is 5.91 Å². The summed E-state index contributed by atoms with van der Waals surface area (Å²) in [7, 11) is 1.54. The Morgan fingerprint density at radius 3 is 2.45 bits per heavy atom. The number of likely N-dealkylation sites (N-methyl/N-ethyl adjacent to an activating group) is 1. The molecule has 1 aromatic heterocycles. The lowest BCUT2D eigenvalue weighted by Crippen LogP contribution is -2.56. The number of aliphatic carboxylic acids is 1. The van der Waals surface area contributed by atoms with Crippen molar-refractivity contribution in [2.45, 2.75) is 37.6 Å². The molecule has 1 amide bonds. The van der Waals surface area contributed by atoms with Gasteiger partial charge in [-0.15, -0.1) is 0 Å². The molecule has 0 unspecified atom stereocenters. The van der Waals surface area contributed by atoms with Gasteiger partial charge in [0.05, 0.1) is 5.02 Å². The van der Waals surface area contributed by atoms with Crippen LogP contribution in [-0.4, -0.2) is 39.5 Å². The molecule has 0 bridgehead atoms. The van der Waals surface area contributed by atoms with Gasteiger partial charge in [0.15, 0.2) is 0 Å². The first kappa shape index (κ1) is 14.8. The first-order valence-electron chi connectivity index (χ1n) is 6.60. The van der Waals surface area contributed by atoms with E-state index in [4.69, 9.17) is 11.6 Å². The van der Waals surface area contributed by atoms with Crippen molar-refractivity contribution in [3.05, 3.63) is 29.0 Å². The van der Waals surface area contributed by atoms with Crippen LogP contribution in [0.25, 0.3) is 0 Å². The highest BCUT2D eigenvalue weighted by atomic mass is 35.5. The van der Waals surface area contributed by atoms with Gasteiger partial charge in [-0.3, -0.25) is 4.79 Å². The zero-order valence-corrected chi connectivity index (χ0v) is 12.1. The molecule has 1 heterocycles. The summed E-state index contributed by atoms with van der Waals surface area (Å²) in [6, 6.07) is 3.09. The average molecular weight is 297 g/mol. The van der Waals surface area contributed by atoms with E-state index in [1.807, 2.05) is 0 Å². The molecule has 1 aliphatic carbocycles. The Morgan fingerprint density at radius 1 is 1.30 bits per heavy atom. The molecule has 0 aromatic carbocycles. The van der Waals surface area contributed by atoms with E-state index in [0.717, 1.165) is 19.3 Å². The lowest BCUT2D eigenvalue weighted by molar-refractivity contribution is -0.151. The molecule has 0 atom stereocenters. The molecule has 1 saturated carbocycles. The fourth-order valence-electron chi connectivity index (χ4n) is 2.70. The Bertz CT molecular complexity index is 510. The van der Waals surface area contributed by atoms with Crippen LogP contribution in [0.15, 0.2) is 18.3 Å². The molecule has 1 fully saturated rings. The average Bonchev–Trinajstić information content (AvgIpc) is 2.47. The van der Waals surface area contributed by atoms with Gasteiger partial charge in [0.2, 0.25) is 0 Å². The van der Waals surface area contributed by atoms with Gasteiger partial charge in [-0.1, -0.05) is 30.9 Å². The van der Waals surface area contributed by atoms with Crippen molar-refractivity contribution >= 4 is 23.5 Å². The van der Waals surface area contributed by atoms with E-state index >= 15 is 0 Å². The van der Waals surface area contributed by atoms with E-state index in [2.05, 4.69) is 4.98 Å². The summed E-state index contributed by atoms with van der Waals surface area (Å²) in [4.78, 5) is 29.4. The molecule has 1 aromatic rings. The SMILES string of the molecule is CN(C(=O)c1ccc(Cl)cn1)C1(C(=O)O)CCCCC1. The van der Waals surface area contributed by atoms with E-state index in [-0.39, 0.29) is 11.6 Å². The number of hydrogen-bond donors (Lipinski definition) is 1. The minimum atomic E-state index is -1.11. The van der Waals surface area contributed by atoms with Crippen molar-refractivity contribution in [1.29, 1.82) is 0 Å². The Balaban J connectivity index is 2.27. The largest absolute Gasteiger partial charge is 0.479 e. The summed E-state index contributed by atoms with van der Waals surface area (Å²) in [5, 5.41) is 10.0. The molecule has 1 N–H and O–H groups in total. The highest BCUT2D eigenvalue weighted by molar-refractivity contribution is 6.30. The number of rotatable bonds is 3. The second-order valence-corrected chi connectivity index (χ2v) is 5.56. The van der Waals surface area contributed by atoms with Crippen molar-refractivity contribution < 1.29 is 14.7 Å². The first-order valence-corrected chi connectivity index (χ1v) is 6.98. The van der Waals surface area contributed by atoms with Gasteiger partial charge in [0, 0.05) is 13.2 Å². The smallest absolute Gasteiger partial charge is 0.329 e. The number of amides is 1. The molecule has 20 heavy (non-hydrogen) atoms. The van der Waals surface area contributed by atoms with Gasteiger partial charge in [-0.2, -0.15) is 0 Å². The summed E-state index contributed by atoms with van der Waals surface area (Å²) in [6.45, 7) is 0. The van der Waals surface area contributed by atoms with Crippen molar-refractivity contribution in [1.82, 2.24) is 9.88 Å². The fraction of sp³-hybridized carbons (Fsp3) is 0.500. The second kappa shape index (κ2) is 5.79. The van der Waals surface area contributed by atoms with Crippen LogP contribution in [0.2, 0.25) is 5.02 Å². The highest BCUT2D eigenvalue weighted by Gasteiger charge is 2.45. The number of hydrogen-bond acceptors (Lipinski definition) is 3. The third-order valence-electron chi connectivity index (χ3n) is 3.97. The highest BCUT2D eigenvalue weighted by Crippen LogP contribution is 2.34. The Kier molecular flexibility index (Phi) is 4.28. The summed E-state index contributed by atoms with van der Waals surface area (Å²) in [6.07, 6.45) is 5.00. The van der Waals surface area contributed by atoms with Gasteiger partial charge < -0.3 is 10.0 Å². The van der Waals surface area contributed by atoms with Crippen molar-refractivity contribution in [2.24, 2.45) is 0 Å². The molecule has 0 aliphatic heterocycles. The van der Waals surface area contributed by atoms with Crippen LogP contribution in [0, 0.1) is 0 Å². The van der Waals surface area contributed by atoms with Crippen molar-refractivity contribution in [3.63, 3.8) is 0 Å². The zero-order valence-electron chi connectivity index (χ0n) is 11.3. The predicted octanol–water partition coefficient (Wildman–Crippen LogP) is 2.59. The number of carboxylic acids is 1. The van der Waals surface area contributed by atoms with E-state index in [1.165, 1.54) is 24.2 Å². The van der Waals surface area contributed by atoms with Gasteiger partial charge in [-0.05, 0) is 25.0 Å². The molecular weight excluding hydrogens is 280 g/mol. The molecule has 0 radical (unpaired) electrons. The summed E-state index contributed by atoms with van der Waals surface area (Å²) in [5.74, 6) is -1.33. The number of carbonyl (C=O) groups is 2. The first-order chi connectivity index (χ1) is 9.47. The van der Waals surface area contributed by atoms with Crippen LogP contribution in [0.4, 0.5) is 0 Å². The number of carbonyl (C=O) groups excluding carboxylic acids is 1. The Labute approximate surface area is 122 Å². The zero-order chi connectivity index (χ0) is 14.8. The summed E-state index contributed by atoms with van der Waals surface area (Å²) >= 11 is 5.74. The van der Waals surface area contributed by atoms with Crippen molar-refractivity contribution in [2.75, 3.05) is 7.05 Å². The number of halogens is 1. The van der Waals surface area contributed by atoms with Crippen LogP contribution in [0.1, 0.15) is 42.6 Å². The van der Waals surface area contributed by atoms with Gasteiger partial charge in [0.1, 0.15) is 11.2 Å².